The summed E-state index contributed by atoms with van der Waals surface area (Å²) in [5.74, 6) is -0.0982. The lowest BCUT2D eigenvalue weighted by Gasteiger charge is -2.19. The highest BCUT2D eigenvalue weighted by atomic mass is 32.2. The van der Waals surface area contributed by atoms with E-state index < -0.39 is 16.1 Å². The molecule has 0 bridgehead atoms. The van der Waals surface area contributed by atoms with Crippen LogP contribution in [0.25, 0.3) is 0 Å². The average Bonchev–Trinajstić information content (AvgIpc) is 2.95. The molecule has 0 aromatic carbocycles. The first-order valence-corrected chi connectivity index (χ1v) is 8.49. The zero-order valence-corrected chi connectivity index (χ0v) is 13.4. The summed E-state index contributed by atoms with van der Waals surface area (Å²) in [6.07, 6.45) is 8.23. The second-order valence-corrected chi connectivity index (χ2v) is 6.05. The number of hydrogen-bond acceptors (Lipinski definition) is 3. The minimum absolute atomic E-state index is 0.0982. The van der Waals surface area contributed by atoms with Crippen molar-refractivity contribution in [2.45, 2.75) is 39.7 Å². The van der Waals surface area contributed by atoms with Crippen LogP contribution < -0.4 is 0 Å². The molecule has 1 atom stereocenters. The molecule has 0 aromatic rings. The van der Waals surface area contributed by atoms with E-state index in [1.54, 1.807) is 12.2 Å². The Morgan fingerprint density at radius 1 is 1.50 bits per heavy atom. The number of hydrogen-bond donors (Lipinski definition) is 0. The van der Waals surface area contributed by atoms with Gasteiger partial charge in [-0.3, -0.25) is 0 Å². The van der Waals surface area contributed by atoms with Crippen molar-refractivity contribution < 1.29 is 8.42 Å². The number of allylic oxidation sites excluding steroid dienone is 4. The van der Waals surface area contributed by atoms with Gasteiger partial charge in [0.2, 0.25) is 10.0 Å². The van der Waals surface area contributed by atoms with Crippen molar-refractivity contribution in [3.8, 4) is 6.07 Å². The molecule has 0 saturated carbocycles. The molecule has 20 heavy (non-hydrogen) atoms. The fraction of sp³-hybridized carbons (Fsp3) is 0.533. The van der Waals surface area contributed by atoms with Crippen LogP contribution in [0.15, 0.2) is 36.5 Å². The van der Waals surface area contributed by atoms with Gasteiger partial charge in [0.15, 0.2) is 0 Å². The predicted octanol–water partition coefficient (Wildman–Crippen LogP) is 3.02. The van der Waals surface area contributed by atoms with Gasteiger partial charge in [0.05, 0.1) is 11.8 Å². The van der Waals surface area contributed by atoms with Gasteiger partial charge in [-0.2, -0.15) is 9.57 Å². The first kappa shape index (κ1) is 18.6. The fourth-order valence-electron chi connectivity index (χ4n) is 1.89. The summed E-state index contributed by atoms with van der Waals surface area (Å²) < 4.78 is 25.7. The quantitative estimate of drug-likeness (QED) is 0.733. The van der Waals surface area contributed by atoms with Gasteiger partial charge in [0.25, 0.3) is 0 Å². The predicted molar refractivity (Wildman–Crippen MR) is 83.6 cm³/mol. The van der Waals surface area contributed by atoms with Gasteiger partial charge in [-0.05, 0) is 25.3 Å². The number of nitriles is 1. The third kappa shape index (κ3) is 5.32. The number of nitrogens with zero attached hydrogens (tertiary/aromatic N) is 2. The van der Waals surface area contributed by atoms with Crippen molar-refractivity contribution >= 4 is 10.0 Å². The lowest BCUT2D eigenvalue weighted by Crippen LogP contribution is -2.36. The van der Waals surface area contributed by atoms with Gasteiger partial charge >= 0.3 is 0 Å². The Balaban J connectivity index is 0.00000172. The lowest BCUT2D eigenvalue weighted by atomic mass is 10.2. The van der Waals surface area contributed by atoms with E-state index in [1.807, 2.05) is 32.9 Å². The summed E-state index contributed by atoms with van der Waals surface area (Å²) in [6.45, 7) is 9.91. The smallest absolute Gasteiger partial charge is 0.212 e. The molecule has 0 spiro atoms. The Kier molecular flexibility index (Phi) is 8.86. The van der Waals surface area contributed by atoms with E-state index in [1.165, 1.54) is 10.4 Å². The van der Waals surface area contributed by atoms with Gasteiger partial charge in [0.1, 0.15) is 6.04 Å². The van der Waals surface area contributed by atoms with E-state index in [4.69, 9.17) is 5.26 Å². The molecule has 1 aliphatic heterocycles. The topological polar surface area (TPSA) is 61.2 Å². The summed E-state index contributed by atoms with van der Waals surface area (Å²) in [5.41, 5.74) is 0.636. The highest BCUT2D eigenvalue weighted by molar-refractivity contribution is 7.89. The maximum atomic E-state index is 12.2. The lowest BCUT2D eigenvalue weighted by molar-refractivity contribution is 0.439. The third-order valence-electron chi connectivity index (χ3n) is 2.82. The standard InChI is InChI=1S/C13H18N2O2S.C2H6/c1-3-5-7-12(4-2)11-18(16,17)15-9-6-8-13(15)10-14;1-2/h3-5,7,13H,2,6,8-9,11H2,1H3;1-2H3/b5-3-,12-7+;. The number of rotatable bonds is 5. The normalized spacial score (nSPS) is 20.3. The van der Waals surface area contributed by atoms with Crippen molar-refractivity contribution in [3.05, 3.63) is 36.5 Å². The van der Waals surface area contributed by atoms with E-state index in [0.29, 0.717) is 18.5 Å². The highest BCUT2D eigenvalue weighted by Crippen LogP contribution is 2.22. The van der Waals surface area contributed by atoms with E-state index in [9.17, 15) is 8.42 Å². The maximum absolute atomic E-state index is 12.2. The molecule has 0 radical (unpaired) electrons. The van der Waals surface area contributed by atoms with Crippen LogP contribution in [-0.4, -0.2) is 31.1 Å². The highest BCUT2D eigenvalue weighted by Gasteiger charge is 2.34. The largest absolute Gasteiger partial charge is 0.219 e. The average molecular weight is 296 g/mol. The Morgan fingerprint density at radius 2 is 2.15 bits per heavy atom. The third-order valence-corrected chi connectivity index (χ3v) is 4.67. The van der Waals surface area contributed by atoms with Crippen LogP contribution >= 0.6 is 0 Å². The molecule has 1 heterocycles. The maximum Gasteiger partial charge on any atom is 0.219 e. The van der Waals surface area contributed by atoms with Gasteiger partial charge in [-0.15, -0.1) is 0 Å². The molecule has 1 rings (SSSR count). The molecule has 0 amide bonds. The summed E-state index contributed by atoms with van der Waals surface area (Å²) in [7, 11) is -3.43. The van der Waals surface area contributed by atoms with E-state index in [2.05, 4.69) is 6.58 Å². The molecule has 1 aliphatic rings. The molecule has 1 saturated heterocycles. The zero-order valence-electron chi connectivity index (χ0n) is 12.5. The molecule has 0 aromatic heterocycles. The molecule has 5 heteroatoms. The monoisotopic (exact) mass is 296 g/mol. The number of sulfonamides is 1. The van der Waals surface area contributed by atoms with Crippen LogP contribution in [0.3, 0.4) is 0 Å². The van der Waals surface area contributed by atoms with Gasteiger partial charge in [-0.1, -0.05) is 44.7 Å². The molecule has 1 fully saturated rings. The summed E-state index contributed by atoms with van der Waals surface area (Å²) in [4.78, 5) is 0. The SMILES string of the molecule is C=C/C(=C\C=C/C)CS(=O)(=O)N1CCCC1C#N.CC. The van der Waals surface area contributed by atoms with Gasteiger partial charge < -0.3 is 0 Å². The van der Waals surface area contributed by atoms with Gasteiger partial charge in [0, 0.05) is 6.54 Å². The Labute approximate surface area is 123 Å². The first-order chi connectivity index (χ1) is 9.55. The van der Waals surface area contributed by atoms with Crippen molar-refractivity contribution in [2.24, 2.45) is 0 Å². The molecular weight excluding hydrogens is 272 g/mol. The van der Waals surface area contributed by atoms with E-state index >= 15 is 0 Å². The first-order valence-electron chi connectivity index (χ1n) is 6.88. The van der Waals surface area contributed by atoms with Crippen LogP contribution in [0.1, 0.15) is 33.6 Å². The fourth-order valence-corrected chi connectivity index (χ4v) is 3.64. The molecule has 112 valence electrons. The molecule has 1 unspecified atom stereocenters. The van der Waals surface area contributed by atoms with Gasteiger partial charge in [-0.25, -0.2) is 8.42 Å². The molecule has 4 nitrogen and oxygen atoms in total. The van der Waals surface area contributed by atoms with Crippen LogP contribution in [-0.2, 0) is 10.0 Å². The minimum atomic E-state index is -3.43. The van der Waals surface area contributed by atoms with Crippen molar-refractivity contribution in [1.29, 1.82) is 5.26 Å². The van der Waals surface area contributed by atoms with Crippen molar-refractivity contribution in [3.63, 3.8) is 0 Å². The zero-order chi connectivity index (χ0) is 15.6. The summed E-state index contributed by atoms with van der Waals surface area (Å²) in [6, 6.07) is 1.53. The molecule has 0 N–H and O–H groups in total. The second kappa shape index (κ2) is 9.51. The second-order valence-electron chi connectivity index (χ2n) is 4.13. The summed E-state index contributed by atoms with van der Waals surface area (Å²) in [5, 5.41) is 8.93. The Hall–Kier alpha value is -1.38. The Morgan fingerprint density at radius 3 is 2.65 bits per heavy atom. The summed E-state index contributed by atoms with van der Waals surface area (Å²) >= 11 is 0. The minimum Gasteiger partial charge on any atom is -0.212 e. The van der Waals surface area contributed by atoms with Crippen molar-refractivity contribution in [2.75, 3.05) is 12.3 Å². The van der Waals surface area contributed by atoms with Crippen molar-refractivity contribution in [1.82, 2.24) is 4.31 Å². The van der Waals surface area contributed by atoms with Crippen LogP contribution in [0.5, 0.6) is 0 Å². The van der Waals surface area contributed by atoms with Crippen LogP contribution in [0.4, 0.5) is 0 Å². The Bertz CT molecular complexity index is 498. The van der Waals surface area contributed by atoms with Crippen LogP contribution in [0.2, 0.25) is 0 Å². The molecular formula is C15H24N2O2S. The van der Waals surface area contributed by atoms with E-state index in [-0.39, 0.29) is 5.75 Å². The van der Waals surface area contributed by atoms with E-state index in [0.717, 1.165) is 6.42 Å². The molecule has 0 aliphatic carbocycles. The van der Waals surface area contributed by atoms with Crippen LogP contribution in [0, 0.1) is 11.3 Å².